The van der Waals surface area contributed by atoms with Crippen molar-refractivity contribution in [3.63, 3.8) is 0 Å². The van der Waals surface area contributed by atoms with Crippen molar-refractivity contribution in [3.05, 3.63) is 41.2 Å². The third-order valence-electron chi connectivity index (χ3n) is 2.64. The van der Waals surface area contributed by atoms with Gasteiger partial charge in [0.15, 0.2) is 0 Å². The van der Waals surface area contributed by atoms with Crippen molar-refractivity contribution in [2.24, 2.45) is 0 Å². The minimum Gasteiger partial charge on any atom is -0.467 e. The average molecular weight is 279 g/mol. The second-order valence-electron chi connectivity index (χ2n) is 3.89. The lowest BCUT2D eigenvalue weighted by molar-refractivity contribution is 0.378. The predicted octanol–water partition coefficient (Wildman–Crippen LogP) is 2.56. The first-order valence-corrected chi connectivity index (χ1v) is 6.35. The van der Waals surface area contributed by atoms with Gasteiger partial charge in [0.2, 0.25) is 11.2 Å². The van der Waals surface area contributed by atoms with Gasteiger partial charge in [-0.25, -0.2) is 0 Å². The maximum absolute atomic E-state index is 5.86. The van der Waals surface area contributed by atoms with Gasteiger partial charge in [0.05, 0.1) is 7.11 Å². The van der Waals surface area contributed by atoms with Crippen LogP contribution in [0.5, 0.6) is 6.01 Å². The number of hydrogen-bond donors (Lipinski definition) is 0. The molecule has 0 saturated carbocycles. The number of rotatable bonds is 5. The molecule has 2 rings (SSSR count). The van der Waals surface area contributed by atoms with Gasteiger partial charge in [0, 0.05) is 13.1 Å². The summed E-state index contributed by atoms with van der Waals surface area (Å²) in [6.07, 6.45) is 0. The number of hydrogen-bond acceptors (Lipinski definition) is 5. The van der Waals surface area contributed by atoms with E-state index in [2.05, 4.69) is 27.1 Å². The molecule has 1 aromatic carbocycles. The van der Waals surface area contributed by atoms with Gasteiger partial charge in [0.25, 0.3) is 0 Å². The molecule has 0 atom stereocenters. The van der Waals surface area contributed by atoms with Gasteiger partial charge in [-0.15, -0.1) is 0 Å². The van der Waals surface area contributed by atoms with Crippen LogP contribution in [-0.2, 0) is 6.54 Å². The fourth-order valence-electron chi connectivity index (χ4n) is 1.68. The zero-order valence-corrected chi connectivity index (χ0v) is 11.6. The maximum atomic E-state index is 5.86. The first-order valence-electron chi connectivity index (χ1n) is 5.97. The van der Waals surface area contributed by atoms with Gasteiger partial charge in [-0.2, -0.15) is 15.0 Å². The molecule has 0 saturated heterocycles. The minimum absolute atomic E-state index is 0.133. The second-order valence-corrected chi connectivity index (χ2v) is 4.23. The molecule has 0 fully saturated rings. The van der Waals surface area contributed by atoms with Crippen LogP contribution in [0.1, 0.15) is 12.5 Å². The van der Waals surface area contributed by atoms with Crippen molar-refractivity contribution < 1.29 is 4.74 Å². The number of benzene rings is 1. The van der Waals surface area contributed by atoms with Crippen LogP contribution in [0.4, 0.5) is 5.95 Å². The van der Waals surface area contributed by atoms with E-state index < -0.39 is 0 Å². The molecule has 0 amide bonds. The Hall–Kier alpha value is -1.88. The maximum Gasteiger partial charge on any atom is 0.322 e. The largest absolute Gasteiger partial charge is 0.467 e. The van der Waals surface area contributed by atoms with Crippen molar-refractivity contribution in [1.29, 1.82) is 0 Å². The minimum atomic E-state index is 0.133. The molecule has 1 heterocycles. The van der Waals surface area contributed by atoms with E-state index in [-0.39, 0.29) is 11.3 Å². The Labute approximate surface area is 117 Å². The van der Waals surface area contributed by atoms with Gasteiger partial charge in [-0.05, 0) is 24.1 Å². The fourth-order valence-corrected chi connectivity index (χ4v) is 1.83. The van der Waals surface area contributed by atoms with Crippen molar-refractivity contribution in [2.75, 3.05) is 18.6 Å². The molecule has 19 heavy (non-hydrogen) atoms. The van der Waals surface area contributed by atoms with Crippen molar-refractivity contribution in [3.8, 4) is 6.01 Å². The first kappa shape index (κ1) is 13.5. The fraction of sp³-hybridized carbons (Fsp3) is 0.308. The lowest BCUT2D eigenvalue weighted by atomic mass is 10.2. The predicted molar refractivity (Wildman–Crippen MR) is 74.6 cm³/mol. The van der Waals surface area contributed by atoms with E-state index in [0.717, 1.165) is 6.54 Å². The normalized spacial score (nSPS) is 10.3. The van der Waals surface area contributed by atoms with Gasteiger partial charge in [0.1, 0.15) is 0 Å². The topological polar surface area (TPSA) is 51.1 Å². The number of methoxy groups -OCH3 is 1. The molecular weight excluding hydrogens is 264 g/mol. The zero-order chi connectivity index (χ0) is 13.7. The Morgan fingerprint density at radius 3 is 2.53 bits per heavy atom. The molecule has 100 valence electrons. The lowest BCUT2D eigenvalue weighted by Crippen LogP contribution is -2.24. The molecule has 0 N–H and O–H groups in total. The quantitative estimate of drug-likeness (QED) is 0.841. The molecule has 1 aromatic heterocycles. The third kappa shape index (κ3) is 3.54. The van der Waals surface area contributed by atoms with Crippen molar-refractivity contribution in [2.45, 2.75) is 13.5 Å². The summed E-state index contributed by atoms with van der Waals surface area (Å²) in [7, 11) is 1.50. The number of nitrogens with zero attached hydrogens (tertiary/aromatic N) is 4. The molecule has 0 aliphatic heterocycles. The van der Waals surface area contributed by atoms with Gasteiger partial charge in [-0.3, -0.25) is 0 Å². The van der Waals surface area contributed by atoms with Crippen LogP contribution in [0.15, 0.2) is 30.3 Å². The molecular formula is C13H15ClN4O. The highest BCUT2D eigenvalue weighted by Crippen LogP contribution is 2.17. The lowest BCUT2D eigenvalue weighted by Gasteiger charge is -2.20. The molecule has 0 aliphatic carbocycles. The molecule has 0 bridgehead atoms. The highest BCUT2D eigenvalue weighted by Gasteiger charge is 2.12. The van der Waals surface area contributed by atoms with Gasteiger partial charge < -0.3 is 9.64 Å². The summed E-state index contributed by atoms with van der Waals surface area (Å²) in [4.78, 5) is 14.2. The smallest absolute Gasteiger partial charge is 0.322 e. The number of aromatic nitrogens is 3. The second kappa shape index (κ2) is 6.33. The zero-order valence-electron chi connectivity index (χ0n) is 10.9. The first-order chi connectivity index (χ1) is 9.22. The summed E-state index contributed by atoms with van der Waals surface area (Å²) in [6, 6.07) is 10.3. The summed E-state index contributed by atoms with van der Waals surface area (Å²) in [5.74, 6) is 0.517. The molecule has 5 nitrogen and oxygen atoms in total. The SMILES string of the molecule is CCN(Cc1ccccc1)c1nc(Cl)nc(OC)n1. The van der Waals surface area contributed by atoms with Crippen LogP contribution in [0.25, 0.3) is 0 Å². The molecule has 0 radical (unpaired) electrons. The standard InChI is InChI=1S/C13H15ClN4O/c1-3-18(9-10-7-5-4-6-8-10)12-15-11(14)16-13(17-12)19-2/h4-8H,3,9H2,1-2H3. The van der Waals surface area contributed by atoms with E-state index in [1.54, 1.807) is 0 Å². The molecule has 0 spiro atoms. The summed E-state index contributed by atoms with van der Waals surface area (Å²) in [5, 5.41) is 0.133. The van der Waals surface area contributed by atoms with E-state index in [4.69, 9.17) is 16.3 Å². The van der Waals surface area contributed by atoms with Crippen LogP contribution in [-0.4, -0.2) is 28.6 Å². The summed E-state index contributed by atoms with van der Waals surface area (Å²) < 4.78 is 5.01. The molecule has 2 aromatic rings. The van der Waals surface area contributed by atoms with E-state index in [1.165, 1.54) is 12.7 Å². The van der Waals surface area contributed by atoms with Crippen LogP contribution >= 0.6 is 11.6 Å². The highest BCUT2D eigenvalue weighted by atomic mass is 35.5. The van der Waals surface area contributed by atoms with Crippen LogP contribution in [0.3, 0.4) is 0 Å². The van der Waals surface area contributed by atoms with Crippen LogP contribution in [0, 0.1) is 0 Å². The van der Waals surface area contributed by atoms with Crippen molar-refractivity contribution in [1.82, 2.24) is 15.0 Å². The summed E-state index contributed by atoms with van der Waals surface area (Å²) >= 11 is 5.86. The van der Waals surface area contributed by atoms with Gasteiger partial charge >= 0.3 is 6.01 Å². The van der Waals surface area contributed by atoms with E-state index in [1.807, 2.05) is 30.0 Å². The number of ether oxygens (including phenoxy) is 1. The van der Waals surface area contributed by atoms with Crippen LogP contribution < -0.4 is 9.64 Å². The molecule has 0 aliphatic rings. The van der Waals surface area contributed by atoms with Gasteiger partial charge in [-0.1, -0.05) is 30.3 Å². The Kier molecular flexibility index (Phi) is 4.52. The van der Waals surface area contributed by atoms with Crippen molar-refractivity contribution >= 4 is 17.5 Å². The number of anilines is 1. The Morgan fingerprint density at radius 1 is 1.16 bits per heavy atom. The third-order valence-corrected chi connectivity index (χ3v) is 2.81. The van der Waals surface area contributed by atoms with E-state index in [0.29, 0.717) is 12.5 Å². The summed E-state index contributed by atoms with van der Waals surface area (Å²) in [6.45, 7) is 3.51. The molecule has 0 unspecified atom stereocenters. The average Bonchev–Trinajstić information content (AvgIpc) is 2.45. The highest BCUT2D eigenvalue weighted by molar-refractivity contribution is 6.28. The summed E-state index contributed by atoms with van der Waals surface area (Å²) in [5.41, 5.74) is 1.18. The molecule has 6 heteroatoms. The Bertz CT molecular complexity index is 535. The van der Waals surface area contributed by atoms with E-state index >= 15 is 0 Å². The Morgan fingerprint density at radius 2 is 1.89 bits per heavy atom. The van der Waals surface area contributed by atoms with E-state index in [9.17, 15) is 0 Å². The number of halogens is 1. The monoisotopic (exact) mass is 278 g/mol. The van der Waals surface area contributed by atoms with Crippen LogP contribution in [0.2, 0.25) is 5.28 Å². The Balaban J connectivity index is 2.24.